The summed E-state index contributed by atoms with van der Waals surface area (Å²) in [5.74, 6) is 0. The van der Waals surface area contributed by atoms with Crippen LogP contribution in [0.1, 0.15) is 26.2 Å². The van der Waals surface area contributed by atoms with Crippen LogP contribution in [0.3, 0.4) is 0 Å². The third-order valence-corrected chi connectivity index (χ3v) is 3.43. The Bertz CT molecular complexity index is 726. The smallest absolute Gasteiger partial charge is 0.328 e. The van der Waals surface area contributed by atoms with Gasteiger partial charge in [-0.15, -0.1) is 0 Å². The molecule has 2 aromatic heterocycles. The van der Waals surface area contributed by atoms with Crippen LogP contribution in [0.5, 0.6) is 0 Å². The zero-order valence-corrected chi connectivity index (χ0v) is 12.0. The fraction of sp³-hybridized carbons (Fsp3) is 0.615. The number of hydrogen-bond acceptors (Lipinski definition) is 3. The number of alkyl halides is 1. The SMILES string of the molecule is C[C@H](F)CCCCn1c(=O)c2c(ncn2C)n(C)c1=O. The lowest BCUT2D eigenvalue weighted by molar-refractivity contribution is 0.328. The second kappa shape index (κ2) is 5.60. The first-order valence-electron chi connectivity index (χ1n) is 6.68. The summed E-state index contributed by atoms with van der Waals surface area (Å²) in [6, 6.07) is 0. The van der Waals surface area contributed by atoms with Crippen LogP contribution in [0.4, 0.5) is 4.39 Å². The monoisotopic (exact) mass is 282 g/mol. The van der Waals surface area contributed by atoms with Gasteiger partial charge in [0.15, 0.2) is 11.2 Å². The van der Waals surface area contributed by atoms with Crippen molar-refractivity contribution in [2.24, 2.45) is 14.1 Å². The standard InChI is InChI=1S/C13H19FN4O2/c1-9(14)6-4-5-7-18-12(19)10-11(15-8-16(10)2)17(3)13(18)20/h8-9H,4-7H2,1-3H3/t9-/m0/s1. The number of nitrogens with zero attached hydrogens (tertiary/aromatic N) is 4. The first-order valence-corrected chi connectivity index (χ1v) is 6.68. The van der Waals surface area contributed by atoms with Crippen molar-refractivity contribution in [2.45, 2.75) is 38.9 Å². The van der Waals surface area contributed by atoms with Gasteiger partial charge >= 0.3 is 5.69 Å². The molecule has 110 valence electrons. The van der Waals surface area contributed by atoms with Gasteiger partial charge in [0.05, 0.1) is 12.5 Å². The Balaban J connectivity index is 2.36. The zero-order chi connectivity index (χ0) is 14.9. The fourth-order valence-corrected chi connectivity index (χ4v) is 2.29. The molecule has 0 N–H and O–H groups in total. The van der Waals surface area contributed by atoms with Crippen LogP contribution in [0.25, 0.3) is 11.2 Å². The molecule has 0 unspecified atom stereocenters. The van der Waals surface area contributed by atoms with Gasteiger partial charge in [0.1, 0.15) is 0 Å². The highest BCUT2D eigenvalue weighted by atomic mass is 19.1. The average molecular weight is 282 g/mol. The van der Waals surface area contributed by atoms with Gasteiger partial charge in [-0.3, -0.25) is 13.9 Å². The van der Waals surface area contributed by atoms with Crippen LogP contribution < -0.4 is 11.2 Å². The van der Waals surface area contributed by atoms with Gasteiger partial charge < -0.3 is 4.57 Å². The Labute approximate surface area is 115 Å². The molecule has 0 amide bonds. The highest BCUT2D eigenvalue weighted by Gasteiger charge is 2.14. The molecule has 0 fully saturated rings. The lowest BCUT2D eigenvalue weighted by Gasteiger charge is -2.08. The molecule has 6 nitrogen and oxygen atoms in total. The van der Waals surface area contributed by atoms with Gasteiger partial charge in [-0.05, 0) is 26.2 Å². The Hall–Kier alpha value is -1.92. The average Bonchev–Trinajstić information content (AvgIpc) is 2.77. The van der Waals surface area contributed by atoms with E-state index in [9.17, 15) is 14.0 Å². The quantitative estimate of drug-likeness (QED) is 0.767. The third-order valence-electron chi connectivity index (χ3n) is 3.43. The van der Waals surface area contributed by atoms with E-state index in [2.05, 4.69) is 4.98 Å². The molecule has 7 heteroatoms. The normalized spacial score (nSPS) is 13.0. The molecule has 0 aliphatic heterocycles. The van der Waals surface area contributed by atoms with E-state index in [-0.39, 0.29) is 11.2 Å². The van der Waals surface area contributed by atoms with Crippen molar-refractivity contribution >= 4 is 11.2 Å². The number of rotatable bonds is 5. The summed E-state index contributed by atoms with van der Waals surface area (Å²) < 4.78 is 16.9. The predicted octanol–water partition coefficient (Wildman–Crippen LogP) is 0.962. The van der Waals surface area contributed by atoms with Crippen molar-refractivity contribution in [2.75, 3.05) is 0 Å². The van der Waals surface area contributed by atoms with Crippen molar-refractivity contribution in [3.63, 3.8) is 0 Å². The summed E-state index contributed by atoms with van der Waals surface area (Å²) in [7, 11) is 3.31. The van der Waals surface area contributed by atoms with Crippen LogP contribution >= 0.6 is 0 Å². The van der Waals surface area contributed by atoms with Crippen molar-refractivity contribution < 1.29 is 4.39 Å². The van der Waals surface area contributed by atoms with Gasteiger partial charge in [0.2, 0.25) is 0 Å². The Kier molecular flexibility index (Phi) is 4.06. The molecule has 0 saturated heterocycles. The third kappa shape index (κ3) is 2.52. The Morgan fingerprint density at radius 1 is 1.30 bits per heavy atom. The van der Waals surface area contributed by atoms with Crippen LogP contribution in [-0.2, 0) is 20.6 Å². The van der Waals surface area contributed by atoms with Crippen LogP contribution in [-0.4, -0.2) is 24.9 Å². The van der Waals surface area contributed by atoms with Gasteiger partial charge in [-0.1, -0.05) is 0 Å². The van der Waals surface area contributed by atoms with E-state index < -0.39 is 6.17 Å². The topological polar surface area (TPSA) is 61.8 Å². The number of aryl methyl sites for hydroxylation is 2. The van der Waals surface area contributed by atoms with E-state index >= 15 is 0 Å². The summed E-state index contributed by atoms with van der Waals surface area (Å²) >= 11 is 0. The number of halogens is 1. The number of unbranched alkanes of at least 4 members (excludes halogenated alkanes) is 1. The maximum absolute atomic E-state index is 12.7. The van der Waals surface area contributed by atoms with Crippen LogP contribution in [0.2, 0.25) is 0 Å². The maximum Gasteiger partial charge on any atom is 0.332 e. The van der Waals surface area contributed by atoms with Gasteiger partial charge in [-0.2, -0.15) is 0 Å². The van der Waals surface area contributed by atoms with E-state index in [0.29, 0.717) is 37.0 Å². The molecule has 0 aromatic carbocycles. The summed E-state index contributed by atoms with van der Waals surface area (Å²) in [5.41, 5.74) is 0.0768. The van der Waals surface area contributed by atoms with E-state index in [1.165, 1.54) is 22.4 Å². The summed E-state index contributed by atoms with van der Waals surface area (Å²) in [5, 5.41) is 0. The van der Waals surface area contributed by atoms with Crippen molar-refractivity contribution in [3.05, 3.63) is 27.2 Å². The summed E-state index contributed by atoms with van der Waals surface area (Å²) in [4.78, 5) is 28.5. The second-order valence-electron chi connectivity index (χ2n) is 5.10. The van der Waals surface area contributed by atoms with E-state index in [1.807, 2.05) is 0 Å². The molecule has 0 aliphatic carbocycles. The van der Waals surface area contributed by atoms with Crippen LogP contribution in [0, 0.1) is 0 Å². The maximum atomic E-state index is 12.7. The number of imidazole rings is 1. The largest absolute Gasteiger partial charge is 0.332 e. The summed E-state index contributed by atoms with van der Waals surface area (Å²) in [6.07, 6.45) is 2.36. The molecule has 0 bridgehead atoms. The first kappa shape index (κ1) is 14.5. The lowest BCUT2D eigenvalue weighted by atomic mass is 10.2. The molecule has 2 aromatic rings. The van der Waals surface area contributed by atoms with Crippen molar-refractivity contribution in [1.29, 1.82) is 0 Å². The van der Waals surface area contributed by atoms with Crippen molar-refractivity contribution in [1.82, 2.24) is 18.7 Å². The molecule has 0 saturated carbocycles. The predicted molar refractivity (Wildman–Crippen MR) is 74.6 cm³/mol. The molecule has 20 heavy (non-hydrogen) atoms. The number of aromatic nitrogens is 4. The highest BCUT2D eigenvalue weighted by molar-refractivity contribution is 5.69. The van der Waals surface area contributed by atoms with Gasteiger partial charge in [0, 0.05) is 20.6 Å². The van der Waals surface area contributed by atoms with E-state index in [4.69, 9.17) is 0 Å². The number of hydrogen-bond donors (Lipinski definition) is 0. The minimum Gasteiger partial charge on any atom is -0.328 e. The second-order valence-corrected chi connectivity index (χ2v) is 5.10. The van der Waals surface area contributed by atoms with E-state index in [1.54, 1.807) is 18.7 Å². The zero-order valence-electron chi connectivity index (χ0n) is 12.0. The first-order chi connectivity index (χ1) is 9.43. The molecule has 2 rings (SSSR count). The van der Waals surface area contributed by atoms with E-state index in [0.717, 1.165) is 0 Å². The Morgan fingerprint density at radius 2 is 2.00 bits per heavy atom. The molecule has 1 atom stereocenters. The minimum atomic E-state index is -0.853. The summed E-state index contributed by atoms with van der Waals surface area (Å²) in [6.45, 7) is 1.81. The molecule has 0 radical (unpaired) electrons. The van der Waals surface area contributed by atoms with Crippen molar-refractivity contribution in [3.8, 4) is 0 Å². The van der Waals surface area contributed by atoms with Crippen LogP contribution in [0.15, 0.2) is 15.9 Å². The molecule has 2 heterocycles. The van der Waals surface area contributed by atoms with Gasteiger partial charge in [0.25, 0.3) is 5.56 Å². The molecular formula is C13H19FN4O2. The lowest BCUT2D eigenvalue weighted by Crippen LogP contribution is -2.39. The van der Waals surface area contributed by atoms with Gasteiger partial charge in [-0.25, -0.2) is 14.2 Å². The molecule has 0 aliphatic rings. The Morgan fingerprint density at radius 3 is 2.65 bits per heavy atom. The minimum absolute atomic E-state index is 0.305. The highest BCUT2D eigenvalue weighted by Crippen LogP contribution is 2.06. The number of fused-ring (bicyclic) bond motifs is 1. The molecule has 0 spiro atoms. The molecular weight excluding hydrogens is 263 g/mol. The fourth-order valence-electron chi connectivity index (χ4n) is 2.29.